The van der Waals surface area contributed by atoms with Gasteiger partial charge >= 0.3 is 0 Å². The lowest BCUT2D eigenvalue weighted by Crippen LogP contribution is -2.09. The summed E-state index contributed by atoms with van der Waals surface area (Å²) in [7, 11) is 0. The number of fused-ring (bicyclic) bond motifs is 1. The molecule has 1 aromatic carbocycles. The Morgan fingerprint density at radius 2 is 2.19 bits per heavy atom. The summed E-state index contributed by atoms with van der Waals surface area (Å²) in [5, 5.41) is 4.25. The minimum absolute atomic E-state index is 0.0185. The fourth-order valence-corrected chi connectivity index (χ4v) is 2.54. The van der Waals surface area contributed by atoms with Gasteiger partial charge < -0.3 is 0 Å². The molecule has 1 unspecified atom stereocenters. The van der Waals surface area contributed by atoms with Gasteiger partial charge in [0.1, 0.15) is 11.6 Å². The smallest absolute Gasteiger partial charge is 0.217 e. The highest BCUT2D eigenvalue weighted by atomic mass is 79.9. The highest BCUT2D eigenvalue weighted by molar-refractivity contribution is 9.10. The third-order valence-corrected chi connectivity index (χ3v) is 3.21. The Labute approximate surface area is 100 Å². The molecule has 1 atom stereocenters. The number of aryl methyl sites for hydroxylation is 1. The third kappa shape index (κ3) is 1.46. The van der Waals surface area contributed by atoms with Crippen molar-refractivity contribution >= 4 is 15.9 Å². The fraction of sp³-hybridized carbons (Fsp3) is 0.273. The Morgan fingerprint density at radius 3 is 3.00 bits per heavy atom. The van der Waals surface area contributed by atoms with E-state index in [2.05, 4.69) is 26.0 Å². The van der Waals surface area contributed by atoms with Gasteiger partial charge in [-0.3, -0.25) is 0 Å². The normalized spacial score (nSPS) is 18.8. The quantitative estimate of drug-likeness (QED) is 0.805. The van der Waals surface area contributed by atoms with Gasteiger partial charge in [0, 0.05) is 12.0 Å². The Kier molecular flexibility index (Phi) is 2.28. The number of halogens is 2. The molecule has 1 aromatic heterocycles. The highest BCUT2D eigenvalue weighted by Gasteiger charge is 2.28. The van der Waals surface area contributed by atoms with Crippen LogP contribution in [0.5, 0.6) is 0 Å². The van der Waals surface area contributed by atoms with Gasteiger partial charge in [-0.1, -0.05) is 18.2 Å². The summed E-state index contributed by atoms with van der Waals surface area (Å²) in [5.41, 5.74) is 0.693. The predicted molar refractivity (Wildman–Crippen MR) is 60.6 cm³/mol. The zero-order chi connectivity index (χ0) is 11.1. The lowest BCUT2D eigenvalue weighted by Gasteiger charge is -2.12. The monoisotopic (exact) mass is 281 g/mol. The van der Waals surface area contributed by atoms with E-state index in [4.69, 9.17) is 0 Å². The molecule has 0 N–H and O–H groups in total. The minimum atomic E-state index is -0.174. The first-order valence-corrected chi connectivity index (χ1v) is 5.90. The Hall–Kier alpha value is -1.23. The van der Waals surface area contributed by atoms with Crippen LogP contribution in [0, 0.1) is 5.82 Å². The molecule has 0 radical (unpaired) electrons. The molecule has 0 saturated carbocycles. The van der Waals surface area contributed by atoms with E-state index in [9.17, 15) is 4.39 Å². The van der Waals surface area contributed by atoms with Gasteiger partial charge in [0.2, 0.25) is 4.73 Å². The van der Waals surface area contributed by atoms with Crippen molar-refractivity contribution < 1.29 is 4.39 Å². The zero-order valence-corrected chi connectivity index (χ0v) is 9.98. The van der Waals surface area contributed by atoms with Gasteiger partial charge in [0.05, 0.1) is 6.04 Å². The Balaban J connectivity index is 2.07. The molecule has 5 heteroatoms. The maximum atomic E-state index is 13.7. The SMILES string of the molecule is Fc1ccccc1C1CCc2nc(Br)nn21. The average molecular weight is 282 g/mol. The number of benzene rings is 1. The van der Waals surface area contributed by atoms with Crippen LogP contribution in [0.2, 0.25) is 0 Å². The molecule has 2 aromatic rings. The van der Waals surface area contributed by atoms with Crippen molar-refractivity contribution in [2.75, 3.05) is 0 Å². The largest absolute Gasteiger partial charge is 0.241 e. The van der Waals surface area contributed by atoms with Crippen LogP contribution in [-0.4, -0.2) is 14.8 Å². The standard InChI is InChI=1S/C11H9BrFN3/c12-11-14-10-6-5-9(16(10)15-11)7-3-1-2-4-8(7)13/h1-4,9H,5-6H2. The molecule has 3 rings (SSSR count). The summed E-state index contributed by atoms with van der Waals surface area (Å²) >= 11 is 3.24. The molecular formula is C11H9BrFN3. The Bertz CT molecular complexity index is 538. The van der Waals surface area contributed by atoms with Crippen molar-refractivity contribution in [3.63, 3.8) is 0 Å². The zero-order valence-electron chi connectivity index (χ0n) is 8.40. The predicted octanol–water partition coefficient (Wildman–Crippen LogP) is 2.72. The molecule has 16 heavy (non-hydrogen) atoms. The van der Waals surface area contributed by atoms with E-state index in [1.54, 1.807) is 6.07 Å². The van der Waals surface area contributed by atoms with E-state index in [0.29, 0.717) is 10.3 Å². The number of hydrogen-bond donors (Lipinski definition) is 0. The molecule has 2 heterocycles. The summed E-state index contributed by atoms with van der Waals surface area (Å²) in [6.45, 7) is 0. The molecule has 0 saturated heterocycles. The van der Waals surface area contributed by atoms with Gasteiger partial charge in [-0.05, 0) is 28.4 Å². The van der Waals surface area contributed by atoms with Crippen LogP contribution in [0.4, 0.5) is 4.39 Å². The van der Waals surface area contributed by atoms with Gasteiger partial charge in [0.15, 0.2) is 0 Å². The summed E-state index contributed by atoms with van der Waals surface area (Å²) in [6.07, 6.45) is 1.71. The number of rotatable bonds is 1. The van der Waals surface area contributed by atoms with Crippen LogP contribution in [-0.2, 0) is 6.42 Å². The second-order valence-electron chi connectivity index (χ2n) is 3.82. The van der Waals surface area contributed by atoms with Crippen LogP contribution in [0.3, 0.4) is 0 Å². The highest BCUT2D eigenvalue weighted by Crippen LogP contribution is 2.32. The lowest BCUT2D eigenvalue weighted by atomic mass is 10.0. The molecule has 0 bridgehead atoms. The maximum absolute atomic E-state index is 13.7. The Morgan fingerprint density at radius 1 is 1.38 bits per heavy atom. The van der Waals surface area contributed by atoms with Gasteiger partial charge in [-0.15, -0.1) is 5.10 Å². The average Bonchev–Trinajstić information content (AvgIpc) is 2.78. The van der Waals surface area contributed by atoms with E-state index in [-0.39, 0.29) is 11.9 Å². The number of nitrogens with zero attached hydrogens (tertiary/aromatic N) is 3. The third-order valence-electron chi connectivity index (χ3n) is 2.88. The van der Waals surface area contributed by atoms with E-state index in [0.717, 1.165) is 18.7 Å². The molecule has 3 nitrogen and oxygen atoms in total. The van der Waals surface area contributed by atoms with Crippen LogP contribution in [0.25, 0.3) is 0 Å². The molecule has 0 amide bonds. The molecule has 1 aliphatic rings. The molecule has 0 fully saturated rings. The summed E-state index contributed by atoms with van der Waals surface area (Å²) in [4.78, 5) is 4.24. The summed E-state index contributed by atoms with van der Waals surface area (Å²) in [6, 6.07) is 6.83. The second kappa shape index (κ2) is 3.66. The van der Waals surface area contributed by atoms with E-state index >= 15 is 0 Å². The van der Waals surface area contributed by atoms with Crippen LogP contribution < -0.4 is 0 Å². The molecule has 0 aliphatic carbocycles. The topological polar surface area (TPSA) is 30.7 Å². The fourth-order valence-electron chi connectivity index (χ4n) is 2.17. The van der Waals surface area contributed by atoms with Crippen molar-refractivity contribution in [1.29, 1.82) is 0 Å². The van der Waals surface area contributed by atoms with E-state index < -0.39 is 0 Å². The molecule has 0 spiro atoms. The number of hydrogen-bond acceptors (Lipinski definition) is 2. The number of aromatic nitrogens is 3. The van der Waals surface area contributed by atoms with Crippen molar-refractivity contribution in [3.05, 3.63) is 46.2 Å². The molecule has 82 valence electrons. The minimum Gasteiger partial charge on any atom is -0.241 e. The molecule has 1 aliphatic heterocycles. The van der Waals surface area contributed by atoms with Crippen molar-refractivity contribution in [2.24, 2.45) is 0 Å². The first kappa shape index (κ1) is 9.96. The van der Waals surface area contributed by atoms with E-state index in [1.807, 2.05) is 16.8 Å². The van der Waals surface area contributed by atoms with Crippen molar-refractivity contribution in [2.45, 2.75) is 18.9 Å². The first-order chi connectivity index (χ1) is 7.75. The van der Waals surface area contributed by atoms with Crippen LogP contribution in [0.15, 0.2) is 29.0 Å². The van der Waals surface area contributed by atoms with Gasteiger partial charge in [-0.25, -0.2) is 14.1 Å². The van der Waals surface area contributed by atoms with Crippen LogP contribution >= 0.6 is 15.9 Å². The van der Waals surface area contributed by atoms with Crippen molar-refractivity contribution in [3.8, 4) is 0 Å². The van der Waals surface area contributed by atoms with E-state index in [1.165, 1.54) is 6.07 Å². The lowest BCUT2D eigenvalue weighted by molar-refractivity contribution is 0.511. The van der Waals surface area contributed by atoms with Gasteiger partial charge in [0.25, 0.3) is 0 Å². The summed E-state index contributed by atoms with van der Waals surface area (Å²) < 4.78 is 16.0. The molecular weight excluding hydrogens is 273 g/mol. The van der Waals surface area contributed by atoms with Crippen molar-refractivity contribution in [1.82, 2.24) is 14.8 Å². The van der Waals surface area contributed by atoms with Gasteiger partial charge in [-0.2, -0.15) is 0 Å². The summed E-state index contributed by atoms with van der Waals surface area (Å²) in [5.74, 6) is 0.743. The first-order valence-electron chi connectivity index (χ1n) is 5.11. The maximum Gasteiger partial charge on any atom is 0.217 e. The second-order valence-corrected chi connectivity index (χ2v) is 4.53. The van der Waals surface area contributed by atoms with Crippen LogP contribution in [0.1, 0.15) is 23.9 Å².